The molecule has 2 atom stereocenters. The first-order chi connectivity index (χ1) is 12.9. The van der Waals surface area contributed by atoms with E-state index < -0.39 is 0 Å². The van der Waals surface area contributed by atoms with Crippen molar-refractivity contribution in [2.45, 2.75) is 58.3 Å². The van der Waals surface area contributed by atoms with E-state index in [4.69, 9.17) is 21.1 Å². The van der Waals surface area contributed by atoms with Gasteiger partial charge in [-0.1, -0.05) is 65.3 Å². The maximum atomic E-state index is 6.12. The van der Waals surface area contributed by atoms with Gasteiger partial charge in [0.15, 0.2) is 0 Å². The summed E-state index contributed by atoms with van der Waals surface area (Å²) in [6.45, 7) is 12.2. The maximum absolute atomic E-state index is 6.12. The molecule has 0 radical (unpaired) electrons. The SMILES string of the molecule is CC[C@H](C)COc1ccc(C(C)(C)c2ccc(OC[C@@H](Cl)CC)cc2)cc1. The molecule has 0 amide bonds. The highest BCUT2D eigenvalue weighted by Gasteiger charge is 2.23. The number of rotatable bonds is 10. The monoisotopic (exact) mass is 388 g/mol. The van der Waals surface area contributed by atoms with Gasteiger partial charge >= 0.3 is 0 Å². The third-order valence-corrected chi connectivity index (χ3v) is 5.69. The molecule has 0 spiro atoms. The Morgan fingerprint density at radius 2 is 1.22 bits per heavy atom. The molecular weight excluding hydrogens is 356 g/mol. The van der Waals surface area contributed by atoms with Gasteiger partial charge in [0, 0.05) is 5.41 Å². The van der Waals surface area contributed by atoms with E-state index in [1.54, 1.807) is 0 Å². The van der Waals surface area contributed by atoms with Crippen LogP contribution in [0.3, 0.4) is 0 Å². The minimum Gasteiger partial charge on any atom is -0.493 e. The van der Waals surface area contributed by atoms with Crippen molar-refractivity contribution >= 4 is 11.6 Å². The first-order valence-corrected chi connectivity index (χ1v) is 10.4. The van der Waals surface area contributed by atoms with Gasteiger partial charge in [-0.25, -0.2) is 0 Å². The van der Waals surface area contributed by atoms with Crippen molar-refractivity contribution in [3.63, 3.8) is 0 Å². The van der Waals surface area contributed by atoms with Crippen LogP contribution in [0.5, 0.6) is 11.5 Å². The lowest BCUT2D eigenvalue weighted by atomic mass is 9.78. The Labute approximate surface area is 169 Å². The topological polar surface area (TPSA) is 18.5 Å². The summed E-state index contributed by atoms with van der Waals surface area (Å²) in [5.74, 6) is 2.38. The van der Waals surface area contributed by atoms with Crippen molar-refractivity contribution in [3.8, 4) is 11.5 Å². The zero-order chi connectivity index (χ0) is 19.9. The third kappa shape index (κ3) is 6.17. The molecule has 0 saturated heterocycles. The van der Waals surface area contributed by atoms with E-state index in [1.165, 1.54) is 11.1 Å². The van der Waals surface area contributed by atoms with Gasteiger partial charge in [-0.15, -0.1) is 11.6 Å². The zero-order valence-electron chi connectivity index (χ0n) is 17.3. The summed E-state index contributed by atoms with van der Waals surface area (Å²) in [5.41, 5.74) is 2.42. The lowest BCUT2D eigenvalue weighted by Gasteiger charge is -2.26. The van der Waals surface area contributed by atoms with Crippen LogP contribution in [0.2, 0.25) is 0 Å². The minimum atomic E-state index is -0.0911. The fraction of sp³-hybridized carbons (Fsp3) is 0.500. The van der Waals surface area contributed by atoms with Crippen LogP contribution in [-0.2, 0) is 5.41 Å². The van der Waals surface area contributed by atoms with Gasteiger partial charge in [0.2, 0.25) is 0 Å². The van der Waals surface area contributed by atoms with Crippen LogP contribution in [0.25, 0.3) is 0 Å². The molecule has 2 aromatic rings. The van der Waals surface area contributed by atoms with Crippen molar-refractivity contribution < 1.29 is 9.47 Å². The van der Waals surface area contributed by atoms with E-state index in [0.717, 1.165) is 30.9 Å². The molecule has 0 heterocycles. The fourth-order valence-corrected chi connectivity index (χ4v) is 2.83. The standard InChI is InChI=1S/C24H33ClO2/c1-6-18(3)16-26-22-12-8-19(9-13-22)24(4,5)20-10-14-23(15-11-20)27-17-21(25)7-2/h8-15,18,21H,6-7,16-17H2,1-5H3/t18-,21-/m0/s1. The number of benzene rings is 2. The Bertz CT molecular complexity index is 617. The van der Waals surface area contributed by atoms with Gasteiger partial charge in [0.1, 0.15) is 18.1 Å². The number of hydrogen-bond donors (Lipinski definition) is 0. The van der Waals surface area contributed by atoms with Crippen molar-refractivity contribution in [2.75, 3.05) is 13.2 Å². The predicted octanol–water partition coefficient (Wildman–Crippen LogP) is 6.83. The van der Waals surface area contributed by atoms with E-state index >= 15 is 0 Å². The maximum Gasteiger partial charge on any atom is 0.119 e. The van der Waals surface area contributed by atoms with Gasteiger partial charge in [-0.05, 0) is 47.7 Å². The molecule has 0 aliphatic rings. The second-order valence-corrected chi connectivity index (χ2v) is 8.43. The van der Waals surface area contributed by atoms with Gasteiger partial charge in [0.05, 0.1) is 12.0 Å². The van der Waals surface area contributed by atoms with Crippen molar-refractivity contribution in [1.29, 1.82) is 0 Å². The van der Waals surface area contributed by atoms with Crippen molar-refractivity contribution in [2.24, 2.45) is 5.92 Å². The highest BCUT2D eigenvalue weighted by atomic mass is 35.5. The minimum absolute atomic E-state index is 0.0576. The summed E-state index contributed by atoms with van der Waals surface area (Å²) in [4.78, 5) is 0. The van der Waals surface area contributed by atoms with Crippen molar-refractivity contribution in [1.82, 2.24) is 0 Å². The molecule has 0 aliphatic carbocycles. The highest BCUT2D eigenvalue weighted by Crippen LogP contribution is 2.33. The van der Waals surface area contributed by atoms with Crippen LogP contribution in [0.15, 0.2) is 48.5 Å². The molecule has 0 aliphatic heterocycles. The Morgan fingerprint density at radius 3 is 1.63 bits per heavy atom. The van der Waals surface area contributed by atoms with E-state index in [0.29, 0.717) is 12.5 Å². The molecular formula is C24H33ClO2. The first kappa shape index (κ1) is 21.6. The van der Waals surface area contributed by atoms with Crippen molar-refractivity contribution in [3.05, 3.63) is 59.7 Å². The van der Waals surface area contributed by atoms with Crippen LogP contribution < -0.4 is 9.47 Å². The Kier molecular flexibility index (Phi) is 8.04. The summed E-state index contributed by atoms with van der Waals surface area (Å²) in [7, 11) is 0. The highest BCUT2D eigenvalue weighted by molar-refractivity contribution is 6.20. The summed E-state index contributed by atoms with van der Waals surface area (Å²) < 4.78 is 11.6. The second kappa shape index (κ2) is 10.0. The molecule has 0 fully saturated rings. The fourth-order valence-electron chi connectivity index (χ4n) is 2.76. The molecule has 0 N–H and O–H groups in total. The summed E-state index contributed by atoms with van der Waals surface area (Å²) >= 11 is 6.12. The van der Waals surface area contributed by atoms with Crippen LogP contribution in [0, 0.1) is 5.92 Å². The Hall–Kier alpha value is -1.67. The average Bonchev–Trinajstić information content (AvgIpc) is 2.70. The lowest BCUT2D eigenvalue weighted by molar-refractivity contribution is 0.256. The first-order valence-electron chi connectivity index (χ1n) is 9.97. The number of halogens is 1. The predicted molar refractivity (Wildman–Crippen MR) is 115 cm³/mol. The molecule has 3 heteroatoms. The van der Waals surface area contributed by atoms with Gasteiger partial charge in [0.25, 0.3) is 0 Å². The number of hydrogen-bond acceptors (Lipinski definition) is 2. The van der Waals surface area contributed by atoms with Gasteiger partial charge in [-0.2, -0.15) is 0 Å². The lowest BCUT2D eigenvalue weighted by Crippen LogP contribution is -2.19. The molecule has 0 saturated carbocycles. The zero-order valence-corrected chi connectivity index (χ0v) is 18.1. The summed E-state index contributed by atoms with van der Waals surface area (Å²) in [6.07, 6.45) is 2.04. The summed E-state index contributed by atoms with van der Waals surface area (Å²) in [6, 6.07) is 16.8. The van der Waals surface area contributed by atoms with Gasteiger partial charge in [-0.3, -0.25) is 0 Å². The Morgan fingerprint density at radius 1 is 0.778 bits per heavy atom. The van der Waals surface area contributed by atoms with Crippen LogP contribution in [0.1, 0.15) is 58.6 Å². The Balaban J connectivity index is 2.04. The normalized spacial score (nSPS) is 13.9. The average molecular weight is 389 g/mol. The molecule has 0 aromatic heterocycles. The van der Waals surface area contributed by atoms with E-state index in [1.807, 2.05) is 12.1 Å². The van der Waals surface area contributed by atoms with E-state index in [-0.39, 0.29) is 10.8 Å². The molecule has 0 unspecified atom stereocenters. The molecule has 2 aromatic carbocycles. The van der Waals surface area contributed by atoms with E-state index in [9.17, 15) is 0 Å². The number of ether oxygens (including phenoxy) is 2. The second-order valence-electron chi connectivity index (χ2n) is 7.81. The molecule has 2 rings (SSSR count). The summed E-state index contributed by atoms with van der Waals surface area (Å²) in [5, 5.41) is 0.0576. The smallest absolute Gasteiger partial charge is 0.119 e. The third-order valence-electron chi connectivity index (χ3n) is 5.26. The van der Waals surface area contributed by atoms with Crippen LogP contribution >= 0.6 is 11.6 Å². The van der Waals surface area contributed by atoms with Gasteiger partial charge < -0.3 is 9.47 Å². The van der Waals surface area contributed by atoms with Crippen LogP contribution in [0.4, 0.5) is 0 Å². The number of alkyl halides is 1. The quantitative estimate of drug-likeness (QED) is 0.415. The van der Waals surface area contributed by atoms with E-state index in [2.05, 4.69) is 71.0 Å². The molecule has 148 valence electrons. The molecule has 2 nitrogen and oxygen atoms in total. The molecule has 0 bridgehead atoms. The van der Waals surface area contributed by atoms with Crippen LogP contribution in [-0.4, -0.2) is 18.6 Å². The largest absolute Gasteiger partial charge is 0.493 e. The molecule has 27 heavy (non-hydrogen) atoms.